The number of fused-ring (bicyclic) bond motifs is 1. The molecule has 1 atom stereocenters. The zero-order valence-electron chi connectivity index (χ0n) is 12.1. The van der Waals surface area contributed by atoms with E-state index in [9.17, 15) is 0 Å². The van der Waals surface area contributed by atoms with Gasteiger partial charge in [0.2, 0.25) is 0 Å². The molecule has 1 heterocycles. The number of benzene rings is 1. The molecular weight excluding hydrogens is 236 g/mol. The van der Waals surface area contributed by atoms with Crippen LogP contribution >= 0.6 is 0 Å². The predicted octanol–water partition coefficient (Wildman–Crippen LogP) is 3.25. The molecule has 0 amide bonds. The summed E-state index contributed by atoms with van der Waals surface area (Å²) in [6.07, 6.45) is 3.05. The third-order valence-electron chi connectivity index (χ3n) is 3.86. The second-order valence-electron chi connectivity index (χ2n) is 5.17. The van der Waals surface area contributed by atoms with Crippen LogP contribution in [0.1, 0.15) is 25.8 Å². The van der Waals surface area contributed by atoms with Crippen molar-refractivity contribution in [3.63, 3.8) is 0 Å². The molecular formula is C16H24N2O. The van der Waals surface area contributed by atoms with E-state index < -0.39 is 0 Å². The minimum absolute atomic E-state index is 0.650. The van der Waals surface area contributed by atoms with Crippen LogP contribution in [-0.2, 0) is 6.54 Å². The van der Waals surface area contributed by atoms with E-state index in [0.717, 1.165) is 25.2 Å². The first-order chi connectivity index (χ1) is 9.22. The Kier molecular flexibility index (Phi) is 5.00. The molecule has 2 aromatic rings. The highest BCUT2D eigenvalue weighted by atomic mass is 16.3. The summed E-state index contributed by atoms with van der Waals surface area (Å²) >= 11 is 0. The SMILES string of the molecule is CCC(C)N(C)CCNCc1coc2ccccc12. The number of nitrogens with one attached hydrogen (secondary N) is 1. The van der Waals surface area contributed by atoms with Gasteiger partial charge in [-0.15, -0.1) is 0 Å². The maximum atomic E-state index is 5.53. The standard InChI is InChI=1S/C16H24N2O/c1-4-13(2)18(3)10-9-17-11-14-12-19-16-8-6-5-7-15(14)16/h5-8,12-13,17H,4,9-11H2,1-3H3. The summed E-state index contributed by atoms with van der Waals surface area (Å²) in [4.78, 5) is 2.39. The van der Waals surface area contributed by atoms with Gasteiger partial charge in [0.1, 0.15) is 5.58 Å². The van der Waals surface area contributed by atoms with E-state index in [-0.39, 0.29) is 0 Å². The zero-order valence-corrected chi connectivity index (χ0v) is 12.1. The summed E-state index contributed by atoms with van der Waals surface area (Å²) in [5, 5.41) is 4.70. The molecule has 1 aromatic heterocycles. The van der Waals surface area contributed by atoms with Crippen LogP contribution in [0, 0.1) is 0 Å². The van der Waals surface area contributed by atoms with Crippen LogP contribution < -0.4 is 5.32 Å². The molecule has 0 aliphatic rings. The molecule has 1 unspecified atom stereocenters. The molecule has 0 fully saturated rings. The van der Waals surface area contributed by atoms with Gasteiger partial charge in [-0.2, -0.15) is 0 Å². The van der Waals surface area contributed by atoms with E-state index in [4.69, 9.17) is 4.42 Å². The fraction of sp³-hybridized carbons (Fsp3) is 0.500. The molecule has 2 rings (SSSR count). The lowest BCUT2D eigenvalue weighted by molar-refractivity contribution is 0.252. The highest BCUT2D eigenvalue weighted by Gasteiger charge is 2.07. The third kappa shape index (κ3) is 3.58. The first-order valence-corrected chi connectivity index (χ1v) is 7.08. The van der Waals surface area contributed by atoms with Crippen LogP contribution in [0.25, 0.3) is 11.0 Å². The summed E-state index contributed by atoms with van der Waals surface area (Å²) in [6.45, 7) is 7.44. The second-order valence-corrected chi connectivity index (χ2v) is 5.17. The van der Waals surface area contributed by atoms with E-state index in [0.29, 0.717) is 6.04 Å². The van der Waals surface area contributed by atoms with Gasteiger partial charge in [-0.25, -0.2) is 0 Å². The summed E-state index contributed by atoms with van der Waals surface area (Å²) < 4.78 is 5.53. The number of rotatable bonds is 7. The molecule has 0 aliphatic heterocycles. The second kappa shape index (κ2) is 6.73. The molecule has 0 spiro atoms. The van der Waals surface area contributed by atoms with Crippen molar-refractivity contribution in [3.8, 4) is 0 Å². The Morgan fingerprint density at radius 1 is 1.32 bits per heavy atom. The first kappa shape index (κ1) is 14.1. The molecule has 104 valence electrons. The average Bonchev–Trinajstić information content (AvgIpc) is 2.86. The van der Waals surface area contributed by atoms with E-state index in [1.165, 1.54) is 17.4 Å². The predicted molar refractivity (Wildman–Crippen MR) is 80.3 cm³/mol. The topological polar surface area (TPSA) is 28.4 Å². The number of para-hydroxylation sites is 1. The monoisotopic (exact) mass is 260 g/mol. The molecule has 1 N–H and O–H groups in total. The van der Waals surface area contributed by atoms with Gasteiger partial charge in [0, 0.05) is 36.6 Å². The fourth-order valence-electron chi connectivity index (χ4n) is 2.18. The molecule has 0 saturated carbocycles. The molecule has 19 heavy (non-hydrogen) atoms. The Hall–Kier alpha value is -1.32. The van der Waals surface area contributed by atoms with Crippen molar-refractivity contribution in [2.24, 2.45) is 0 Å². The van der Waals surface area contributed by atoms with Gasteiger partial charge in [-0.1, -0.05) is 25.1 Å². The van der Waals surface area contributed by atoms with Crippen molar-refractivity contribution < 1.29 is 4.42 Å². The van der Waals surface area contributed by atoms with E-state index in [1.807, 2.05) is 18.4 Å². The van der Waals surface area contributed by atoms with Crippen LogP contribution in [0.5, 0.6) is 0 Å². The molecule has 3 heteroatoms. The maximum Gasteiger partial charge on any atom is 0.134 e. The summed E-state index contributed by atoms with van der Waals surface area (Å²) in [7, 11) is 2.18. The van der Waals surface area contributed by atoms with Gasteiger partial charge in [0.25, 0.3) is 0 Å². The quantitative estimate of drug-likeness (QED) is 0.775. The lowest BCUT2D eigenvalue weighted by Gasteiger charge is -2.23. The lowest BCUT2D eigenvalue weighted by atomic mass is 10.2. The first-order valence-electron chi connectivity index (χ1n) is 7.08. The van der Waals surface area contributed by atoms with Crippen molar-refractivity contribution in [1.82, 2.24) is 10.2 Å². The number of hydrogen-bond acceptors (Lipinski definition) is 3. The van der Waals surface area contributed by atoms with Crippen LogP contribution in [0.15, 0.2) is 34.9 Å². The van der Waals surface area contributed by atoms with Gasteiger partial charge in [-0.05, 0) is 26.5 Å². The van der Waals surface area contributed by atoms with E-state index in [1.54, 1.807) is 0 Å². The number of furan rings is 1. The Morgan fingerprint density at radius 2 is 2.11 bits per heavy atom. The van der Waals surface area contributed by atoms with E-state index in [2.05, 4.69) is 43.2 Å². The molecule has 0 saturated heterocycles. The average molecular weight is 260 g/mol. The van der Waals surface area contributed by atoms with E-state index >= 15 is 0 Å². The summed E-state index contributed by atoms with van der Waals surface area (Å²) in [5.41, 5.74) is 2.21. The van der Waals surface area contributed by atoms with Gasteiger partial charge in [0.15, 0.2) is 0 Å². The van der Waals surface area contributed by atoms with Crippen LogP contribution in [0.2, 0.25) is 0 Å². The molecule has 0 aliphatic carbocycles. The molecule has 3 nitrogen and oxygen atoms in total. The normalized spacial score (nSPS) is 13.3. The minimum atomic E-state index is 0.650. The van der Waals surface area contributed by atoms with Crippen molar-refractivity contribution in [3.05, 3.63) is 36.1 Å². The van der Waals surface area contributed by atoms with Gasteiger partial charge < -0.3 is 14.6 Å². The summed E-state index contributed by atoms with van der Waals surface area (Å²) in [5.74, 6) is 0. The Morgan fingerprint density at radius 3 is 2.89 bits per heavy atom. The number of hydrogen-bond donors (Lipinski definition) is 1. The molecule has 1 aromatic carbocycles. The fourth-order valence-corrected chi connectivity index (χ4v) is 2.18. The highest BCUT2D eigenvalue weighted by Crippen LogP contribution is 2.20. The minimum Gasteiger partial charge on any atom is -0.464 e. The molecule has 0 radical (unpaired) electrons. The van der Waals surface area contributed by atoms with Crippen molar-refractivity contribution >= 4 is 11.0 Å². The van der Waals surface area contributed by atoms with Gasteiger partial charge in [0.05, 0.1) is 6.26 Å². The van der Waals surface area contributed by atoms with Crippen LogP contribution in [-0.4, -0.2) is 31.1 Å². The number of nitrogens with zero attached hydrogens (tertiary/aromatic N) is 1. The number of likely N-dealkylation sites (N-methyl/N-ethyl adjacent to an activating group) is 1. The van der Waals surface area contributed by atoms with Crippen LogP contribution in [0.3, 0.4) is 0 Å². The maximum absolute atomic E-state index is 5.53. The Bertz CT molecular complexity index is 506. The highest BCUT2D eigenvalue weighted by molar-refractivity contribution is 5.80. The smallest absolute Gasteiger partial charge is 0.134 e. The van der Waals surface area contributed by atoms with Crippen molar-refractivity contribution in [2.45, 2.75) is 32.9 Å². The van der Waals surface area contributed by atoms with Crippen molar-refractivity contribution in [2.75, 3.05) is 20.1 Å². The molecule has 0 bridgehead atoms. The Labute approximate surface area is 115 Å². The zero-order chi connectivity index (χ0) is 13.7. The van der Waals surface area contributed by atoms with Crippen molar-refractivity contribution in [1.29, 1.82) is 0 Å². The largest absolute Gasteiger partial charge is 0.464 e. The lowest BCUT2D eigenvalue weighted by Crippen LogP contribution is -2.34. The van der Waals surface area contributed by atoms with Crippen LogP contribution in [0.4, 0.5) is 0 Å². The van der Waals surface area contributed by atoms with Gasteiger partial charge >= 0.3 is 0 Å². The van der Waals surface area contributed by atoms with Gasteiger partial charge in [-0.3, -0.25) is 0 Å². The Balaban J connectivity index is 1.80. The summed E-state index contributed by atoms with van der Waals surface area (Å²) in [6, 6.07) is 8.83. The third-order valence-corrected chi connectivity index (χ3v) is 3.86.